The third-order valence-corrected chi connectivity index (χ3v) is 5.99. The highest BCUT2D eigenvalue weighted by Gasteiger charge is 2.31. The van der Waals surface area contributed by atoms with Crippen molar-refractivity contribution in [1.82, 2.24) is 9.80 Å². The SMILES string of the molecule is CN(CCCC1CCCC1)C(=O)CN1CC(Cc2ccccc2)CC1=O. The largest absolute Gasteiger partial charge is 0.344 e. The molecule has 0 aromatic heterocycles. The molecule has 3 rings (SSSR count). The fourth-order valence-electron chi connectivity index (χ4n) is 4.42. The van der Waals surface area contributed by atoms with Gasteiger partial charge in [0.2, 0.25) is 11.8 Å². The maximum absolute atomic E-state index is 12.5. The number of amides is 2. The van der Waals surface area contributed by atoms with E-state index >= 15 is 0 Å². The highest BCUT2D eigenvalue weighted by Crippen LogP contribution is 2.28. The Kier molecular flexibility index (Phi) is 6.70. The molecule has 1 aromatic carbocycles. The van der Waals surface area contributed by atoms with Crippen molar-refractivity contribution in [2.24, 2.45) is 11.8 Å². The molecule has 1 atom stereocenters. The van der Waals surface area contributed by atoms with Gasteiger partial charge >= 0.3 is 0 Å². The fraction of sp³-hybridized carbons (Fsp3) is 0.636. The van der Waals surface area contributed by atoms with Gasteiger partial charge in [-0.15, -0.1) is 0 Å². The highest BCUT2D eigenvalue weighted by atomic mass is 16.2. The quantitative estimate of drug-likeness (QED) is 0.715. The van der Waals surface area contributed by atoms with Crippen molar-refractivity contribution in [1.29, 1.82) is 0 Å². The van der Waals surface area contributed by atoms with Crippen molar-refractivity contribution >= 4 is 11.8 Å². The molecule has 26 heavy (non-hydrogen) atoms. The molecule has 1 saturated carbocycles. The molecule has 0 radical (unpaired) electrons. The van der Waals surface area contributed by atoms with Crippen LogP contribution in [0.3, 0.4) is 0 Å². The van der Waals surface area contributed by atoms with Crippen molar-refractivity contribution in [3.63, 3.8) is 0 Å². The normalized spacial score (nSPS) is 20.7. The summed E-state index contributed by atoms with van der Waals surface area (Å²) in [5, 5.41) is 0. The van der Waals surface area contributed by atoms with Crippen LogP contribution in [-0.4, -0.2) is 48.3 Å². The van der Waals surface area contributed by atoms with Gasteiger partial charge in [-0.2, -0.15) is 0 Å². The van der Waals surface area contributed by atoms with Crippen LogP contribution in [0, 0.1) is 11.8 Å². The number of hydrogen-bond donors (Lipinski definition) is 0. The second-order valence-electron chi connectivity index (χ2n) is 8.14. The molecule has 1 saturated heterocycles. The Hall–Kier alpha value is -1.84. The van der Waals surface area contributed by atoms with Gasteiger partial charge in [-0.3, -0.25) is 9.59 Å². The summed E-state index contributed by atoms with van der Waals surface area (Å²) >= 11 is 0. The van der Waals surface area contributed by atoms with Gasteiger partial charge in [-0.25, -0.2) is 0 Å². The minimum Gasteiger partial charge on any atom is -0.344 e. The van der Waals surface area contributed by atoms with Crippen LogP contribution in [0.2, 0.25) is 0 Å². The average Bonchev–Trinajstić information content (AvgIpc) is 3.26. The Bertz CT molecular complexity index is 595. The van der Waals surface area contributed by atoms with Gasteiger partial charge in [0, 0.05) is 26.6 Å². The van der Waals surface area contributed by atoms with Crippen LogP contribution in [0.1, 0.15) is 50.5 Å². The first-order chi connectivity index (χ1) is 12.6. The van der Waals surface area contributed by atoms with E-state index in [1.807, 2.05) is 30.1 Å². The average molecular weight is 357 g/mol. The monoisotopic (exact) mass is 356 g/mol. The Balaban J connectivity index is 1.39. The Morgan fingerprint density at radius 2 is 1.88 bits per heavy atom. The summed E-state index contributed by atoms with van der Waals surface area (Å²) in [6, 6.07) is 10.3. The first-order valence-electron chi connectivity index (χ1n) is 10.2. The Morgan fingerprint density at radius 3 is 2.62 bits per heavy atom. The standard InChI is InChI=1S/C22H32N2O2/c1-23(13-7-12-18-8-5-6-9-18)22(26)17-24-16-20(15-21(24)25)14-19-10-3-2-4-11-19/h2-4,10-11,18,20H,5-9,12-17H2,1H3. The summed E-state index contributed by atoms with van der Waals surface area (Å²) in [4.78, 5) is 28.3. The minimum atomic E-state index is 0.0742. The van der Waals surface area contributed by atoms with E-state index in [0.29, 0.717) is 18.9 Å². The summed E-state index contributed by atoms with van der Waals surface area (Å²) in [6.07, 6.45) is 9.27. The predicted molar refractivity (Wildman–Crippen MR) is 104 cm³/mol. The molecule has 0 spiro atoms. The molecule has 4 nitrogen and oxygen atoms in total. The van der Waals surface area contributed by atoms with E-state index in [2.05, 4.69) is 12.1 Å². The Morgan fingerprint density at radius 1 is 1.15 bits per heavy atom. The highest BCUT2D eigenvalue weighted by molar-refractivity contribution is 5.86. The third kappa shape index (κ3) is 5.33. The van der Waals surface area contributed by atoms with Crippen molar-refractivity contribution < 1.29 is 9.59 Å². The molecular formula is C22H32N2O2. The fourth-order valence-corrected chi connectivity index (χ4v) is 4.42. The van der Waals surface area contributed by atoms with Crippen LogP contribution in [-0.2, 0) is 16.0 Å². The number of hydrogen-bond acceptors (Lipinski definition) is 2. The van der Waals surface area contributed by atoms with E-state index in [1.165, 1.54) is 37.7 Å². The molecule has 2 fully saturated rings. The smallest absolute Gasteiger partial charge is 0.241 e. The maximum Gasteiger partial charge on any atom is 0.241 e. The molecule has 1 aliphatic carbocycles. The third-order valence-electron chi connectivity index (χ3n) is 5.99. The first kappa shape index (κ1) is 18.9. The number of rotatable bonds is 8. The van der Waals surface area contributed by atoms with Crippen molar-refractivity contribution in [2.75, 3.05) is 26.7 Å². The summed E-state index contributed by atoms with van der Waals surface area (Å²) in [5.41, 5.74) is 1.27. The topological polar surface area (TPSA) is 40.6 Å². The van der Waals surface area contributed by atoms with E-state index in [4.69, 9.17) is 0 Å². The molecule has 1 unspecified atom stereocenters. The van der Waals surface area contributed by atoms with Crippen LogP contribution in [0.4, 0.5) is 0 Å². The lowest BCUT2D eigenvalue weighted by molar-refractivity contribution is -0.137. The molecule has 2 amide bonds. The summed E-state index contributed by atoms with van der Waals surface area (Å²) in [6.45, 7) is 1.75. The Labute approximate surface area is 157 Å². The number of carbonyl (C=O) groups is 2. The van der Waals surface area contributed by atoms with Crippen LogP contribution >= 0.6 is 0 Å². The molecule has 142 valence electrons. The molecule has 4 heteroatoms. The summed E-state index contributed by atoms with van der Waals surface area (Å²) in [7, 11) is 1.87. The van der Waals surface area contributed by atoms with E-state index in [-0.39, 0.29) is 18.4 Å². The second-order valence-corrected chi connectivity index (χ2v) is 8.14. The zero-order valence-corrected chi connectivity index (χ0v) is 16.0. The van der Waals surface area contributed by atoms with E-state index < -0.39 is 0 Å². The van der Waals surface area contributed by atoms with Crippen molar-refractivity contribution in [3.8, 4) is 0 Å². The molecular weight excluding hydrogens is 324 g/mol. The number of likely N-dealkylation sites (N-methyl/N-ethyl adjacent to an activating group) is 1. The first-order valence-corrected chi connectivity index (χ1v) is 10.2. The van der Waals surface area contributed by atoms with E-state index in [1.54, 1.807) is 4.90 Å². The zero-order valence-electron chi connectivity index (χ0n) is 16.0. The lowest BCUT2D eigenvalue weighted by atomic mass is 9.99. The molecule has 1 aliphatic heterocycles. The molecule has 0 N–H and O–H groups in total. The van der Waals surface area contributed by atoms with Crippen LogP contribution < -0.4 is 0 Å². The van der Waals surface area contributed by atoms with Gasteiger partial charge in [0.25, 0.3) is 0 Å². The van der Waals surface area contributed by atoms with Gasteiger partial charge in [0.1, 0.15) is 0 Å². The van der Waals surface area contributed by atoms with E-state index in [0.717, 1.165) is 25.3 Å². The lowest BCUT2D eigenvalue weighted by Gasteiger charge is -2.22. The van der Waals surface area contributed by atoms with Gasteiger partial charge in [0.15, 0.2) is 0 Å². The second kappa shape index (κ2) is 9.20. The van der Waals surface area contributed by atoms with Gasteiger partial charge in [0.05, 0.1) is 6.54 Å². The number of benzene rings is 1. The molecule has 1 heterocycles. The lowest BCUT2D eigenvalue weighted by Crippen LogP contribution is -2.39. The zero-order chi connectivity index (χ0) is 18.4. The van der Waals surface area contributed by atoms with Crippen LogP contribution in [0.15, 0.2) is 30.3 Å². The number of carbonyl (C=O) groups excluding carboxylic acids is 2. The maximum atomic E-state index is 12.5. The van der Waals surface area contributed by atoms with E-state index in [9.17, 15) is 9.59 Å². The van der Waals surface area contributed by atoms with Gasteiger partial charge < -0.3 is 9.80 Å². The van der Waals surface area contributed by atoms with Crippen LogP contribution in [0.25, 0.3) is 0 Å². The van der Waals surface area contributed by atoms with Crippen molar-refractivity contribution in [3.05, 3.63) is 35.9 Å². The molecule has 2 aliphatic rings. The predicted octanol–water partition coefficient (Wildman–Crippen LogP) is 3.51. The minimum absolute atomic E-state index is 0.0742. The van der Waals surface area contributed by atoms with Gasteiger partial charge in [-0.1, -0.05) is 56.0 Å². The van der Waals surface area contributed by atoms with Crippen LogP contribution in [0.5, 0.6) is 0 Å². The molecule has 0 bridgehead atoms. The number of likely N-dealkylation sites (tertiary alicyclic amines) is 1. The van der Waals surface area contributed by atoms with Crippen molar-refractivity contribution in [2.45, 2.75) is 51.4 Å². The molecule has 1 aromatic rings. The number of nitrogens with zero attached hydrogens (tertiary/aromatic N) is 2. The summed E-state index contributed by atoms with van der Waals surface area (Å²) in [5.74, 6) is 1.39. The summed E-state index contributed by atoms with van der Waals surface area (Å²) < 4.78 is 0. The van der Waals surface area contributed by atoms with Gasteiger partial charge in [-0.05, 0) is 36.7 Å².